The highest BCUT2D eigenvalue weighted by atomic mass is 35.5. The topological polar surface area (TPSA) is 168 Å². The number of nitrogens with one attached hydrogen (secondary N) is 4. The molecular formula is C46H43Cl2N9O4. The molecule has 6 aromatic rings. The first-order valence-electron chi connectivity index (χ1n) is 20.5. The molecule has 3 aliphatic rings. The summed E-state index contributed by atoms with van der Waals surface area (Å²) in [6, 6.07) is 23.9. The number of fused-ring (bicyclic) bond motifs is 2. The molecule has 5 heterocycles. The van der Waals surface area contributed by atoms with Crippen LogP contribution >= 0.6 is 23.2 Å². The number of nitrogens with zero attached hydrogens (tertiary/aromatic N) is 5. The van der Waals surface area contributed by atoms with Crippen LogP contribution in [0.3, 0.4) is 0 Å². The number of aromatic nitrogens is 4. The SMILES string of the molecule is N#Cc1cncc(COc2cc(O[C@H]3CCc4c(-c5cccc(-c6nc7ccc(CNC[C@@H]8CCC(=O)N8)cn7n6)c5Cl)cccc43)c(Cl)cc2CNC[C@@H]2CCC(=O)N2)c1. The van der Waals surface area contributed by atoms with Crippen molar-refractivity contribution in [3.05, 3.63) is 129 Å². The predicted octanol–water partition coefficient (Wildman–Crippen LogP) is 7.02. The number of benzene rings is 3. The number of ether oxygens (including phenoxy) is 2. The Bertz CT molecular complexity index is 2680. The molecule has 2 aliphatic heterocycles. The molecule has 9 rings (SSSR count). The lowest BCUT2D eigenvalue weighted by molar-refractivity contribution is -0.120. The molecule has 4 N–H and O–H groups in total. The second-order valence-corrected chi connectivity index (χ2v) is 16.5. The van der Waals surface area contributed by atoms with Crippen LogP contribution in [0.2, 0.25) is 10.0 Å². The number of carbonyl (C=O) groups excluding carboxylic acids is 2. The highest BCUT2D eigenvalue weighted by Crippen LogP contribution is 2.45. The average molecular weight is 857 g/mol. The number of amides is 2. The molecule has 13 nitrogen and oxygen atoms in total. The molecule has 1 aliphatic carbocycles. The van der Waals surface area contributed by atoms with E-state index in [-0.39, 0.29) is 36.6 Å². The lowest BCUT2D eigenvalue weighted by atomic mass is 9.95. The Morgan fingerprint density at radius 3 is 2.34 bits per heavy atom. The fraction of sp³-hybridized carbons (Fsp3) is 0.304. The molecule has 0 radical (unpaired) electrons. The van der Waals surface area contributed by atoms with Gasteiger partial charge in [0.05, 0.1) is 15.6 Å². The van der Waals surface area contributed by atoms with Gasteiger partial charge in [0.15, 0.2) is 11.5 Å². The summed E-state index contributed by atoms with van der Waals surface area (Å²) in [5.74, 6) is 1.79. The van der Waals surface area contributed by atoms with Crippen molar-refractivity contribution >= 4 is 40.7 Å². The minimum atomic E-state index is -0.269. The molecular weight excluding hydrogens is 813 g/mol. The van der Waals surface area contributed by atoms with Crippen LogP contribution in [0.25, 0.3) is 28.2 Å². The molecule has 3 atom stereocenters. The van der Waals surface area contributed by atoms with Gasteiger partial charge in [-0.15, -0.1) is 5.10 Å². The van der Waals surface area contributed by atoms with Crippen LogP contribution in [0.5, 0.6) is 11.5 Å². The van der Waals surface area contributed by atoms with E-state index < -0.39 is 0 Å². The number of halogens is 2. The van der Waals surface area contributed by atoms with E-state index in [0.29, 0.717) is 77.6 Å². The first-order valence-corrected chi connectivity index (χ1v) is 21.3. The van der Waals surface area contributed by atoms with Crippen molar-refractivity contribution in [3.8, 4) is 40.1 Å². The Morgan fingerprint density at radius 1 is 0.820 bits per heavy atom. The molecule has 0 saturated carbocycles. The van der Waals surface area contributed by atoms with Crippen molar-refractivity contribution in [1.82, 2.24) is 40.8 Å². The van der Waals surface area contributed by atoms with Gasteiger partial charge in [-0.05, 0) is 72.2 Å². The van der Waals surface area contributed by atoms with Gasteiger partial charge in [-0.2, -0.15) is 5.26 Å². The van der Waals surface area contributed by atoms with Crippen LogP contribution in [0.4, 0.5) is 0 Å². The van der Waals surface area contributed by atoms with E-state index in [0.717, 1.165) is 70.2 Å². The molecule has 0 spiro atoms. The van der Waals surface area contributed by atoms with Gasteiger partial charge >= 0.3 is 0 Å². The summed E-state index contributed by atoms with van der Waals surface area (Å²) >= 11 is 14.2. The highest BCUT2D eigenvalue weighted by Gasteiger charge is 2.29. The van der Waals surface area contributed by atoms with Crippen molar-refractivity contribution in [2.75, 3.05) is 13.1 Å². The van der Waals surface area contributed by atoms with E-state index in [4.69, 9.17) is 42.8 Å². The maximum atomic E-state index is 11.7. The highest BCUT2D eigenvalue weighted by molar-refractivity contribution is 6.36. The summed E-state index contributed by atoms with van der Waals surface area (Å²) in [5.41, 5.74) is 8.66. The lowest BCUT2D eigenvalue weighted by Crippen LogP contribution is -2.35. The third-order valence-corrected chi connectivity index (χ3v) is 12.1. The normalized spacial score (nSPS) is 18.2. The van der Waals surface area contributed by atoms with Crippen molar-refractivity contribution in [2.45, 2.75) is 76.4 Å². The van der Waals surface area contributed by atoms with E-state index in [1.165, 1.54) is 6.20 Å². The van der Waals surface area contributed by atoms with Crippen LogP contribution in [-0.4, -0.2) is 56.6 Å². The van der Waals surface area contributed by atoms with Crippen molar-refractivity contribution in [2.24, 2.45) is 0 Å². The zero-order valence-corrected chi connectivity index (χ0v) is 34.7. The van der Waals surface area contributed by atoms with Gasteiger partial charge in [0.1, 0.15) is 30.3 Å². The monoisotopic (exact) mass is 855 g/mol. The van der Waals surface area contributed by atoms with E-state index in [2.05, 4.69) is 44.5 Å². The van der Waals surface area contributed by atoms with E-state index >= 15 is 0 Å². The van der Waals surface area contributed by atoms with Crippen LogP contribution in [-0.2, 0) is 35.7 Å². The number of hydrogen-bond donors (Lipinski definition) is 4. The zero-order valence-electron chi connectivity index (χ0n) is 33.2. The number of carbonyl (C=O) groups is 2. The Morgan fingerprint density at radius 2 is 1.57 bits per heavy atom. The Balaban J connectivity index is 0.930. The molecule has 3 aromatic heterocycles. The number of rotatable bonds is 15. The smallest absolute Gasteiger partial charge is 0.220 e. The average Bonchev–Trinajstić information content (AvgIpc) is 4.08. The van der Waals surface area contributed by atoms with Crippen molar-refractivity contribution in [3.63, 3.8) is 0 Å². The second-order valence-electron chi connectivity index (χ2n) is 15.7. The number of nitriles is 1. The predicted molar refractivity (Wildman–Crippen MR) is 231 cm³/mol. The molecule has 2 saturated heterocycles. The van der Waals surface area contributed by atoms with E-state index in [1.54, 1.807) is 16.8 Å². The summed E-state index contributed by atoms with van der Waals surface area (Å²) in [6.07, 6.45) is 9.15. The summed E-state index contributed by atoms with van der Waals surface area (Å²) in [7, 11) is 0. The number of hydrogen-bond acceptors (Lipinski definition) is 10. The zero-order chi connectivity index (χ0) is 41.9. The summed E-state index contributed by atoms with van der Waals surface area (Å²) in [5, 5.41) is 28.1. The summed E-state index contributed by atoms with van der Waals surface area (Å²) < 4.78 is 14.8. The minimum absolute atomic E-state index is 0.0690. The maximum Gasteiger partial charge on any atom is 0.220 e. The molecule has 3 aromatic carbocycles. The van der Waals surface area contributed by atoms with Gasteiger partial charge in [-0.1, -0.05) is 59.6 Å². The van der Waals surface area contributed by atoms with Crippen molar-refractivity contribution in [1.29, 1.82) is 5.26 Å². The fourth-order valence-electron chi connectivity index (χ4n) is 8.36. The van der Waals surface area contributed by atoms with Gasteiger partial charge in [-0.25, -0.2) is 9.50 Å². The third kappa shape index (κ3) is 9.04. The molecule has 2 fully saturated rings. The van der Waals surface area contributed by atoms with E-state index in [9.17, 15) is 14.9 Å². The maximum absolute atomic E-state index is 11.7. The quantitative estimate of drug-likeness (QED) is 0.0843. The van der Waals surface area contributed by atoms with Gasteiger partial charge < -0.3 is 30.7 Å². The number of pyridine rings is 2. The Kier molecular flexibility index (Phi) is 11.8. The molecule has 0 bridgehead atoms. The van der Waals surface area contributed by atoms with Gasteiger partial charge in [-0.3, -0.25) is 14.6 Å². The van der Waals surface area contributed by atoms with Crippen LogP contribution in [0.1, 0.15) is 71.6 Å². The van der Waals surface area contributed by atoms with E-state index in [1.807, 2.05) is 54.7 Å². The molecule has 0 unspecified atom stereocenters. The van der Waals surface area contributed by atoms with Gasteiger partial charge in [0.2, 0.25) is 11.8 Å². The third-order valence-electron chi connectivity index (χ3n) is 11.4. The largest absolute Gasteiger partial charge is 0.488 e. The van der Waals surface area contributed by atoms with Crippen LogP contribution in [0.15, 0.2) is 85.3 Å². The second kappa shape index (κ2) is 17.9. The molecule has 15 heteroatoms. The van der Waals surface area contributed by atoms with Gasteiger partial charge in [0.25, 0.3) is 0 Å². The lowest BCUT2D eigenvalue weighted by Gasteiger charge is -2.20. The molecule has 61 heavy (non-hydrogen) atoms. The first-order chi connectivity index (χ1) is 29.8. The minimum Gasteiger partial charge on any atom is -0.488 e. The first kappa shape index (κ1) is 40.4. The fourth-order valence-corrected chi connectivity index (χ4v) is 8.90. The molecule has 2 amide bonds. The Labute approximate surface area is 362 Å². The van der Waals surface area contributed by atoms with Crippen molar-refractivity contribution < 1.29 is 19.1 Å². The van der Waals surface area contributed by atoms with Crippen LogP contribution in [0, 0.1) is 11.3 Å². The summed E-state index contributed by atoms with van der Waals surface area (Å²) in [6.45, 7) is 2.62. The Hall–Kier alpha value is -6.04. The summed E-state index contributed by atoms with van der Waals surface area (Å²) in [4.78, 5) is 32.3. The van der Waals surface area contributed by atoms with Gasteiger partial charge in [0, 0.05) is 98.0 Å². The standard InChI is InChI=1S/C46H43Cl2N9O4/c47-38-16-30(22-52-24-32-9-14-44(59)54-32)40(60-26-29-15-28(18-49)20-50-21-29)17-41(38)61-39-11-10-34-33(3-1-4-35(34)39)36-5-2-6-37(45(36)48)46-55-42-12-7-27(25-57(42)56-46)19-51-23-31-8-13-43(58)53-31/h1-7,12,15-17,20-21,25,31-32,39,51-52H,8-11,13-14,19,22-24,26H2,(H,53,58)(H,54,59)/t31-,32-,39-/m0/s1. The van der Waals surface area contributed by atoms with Crippen LogP contribution < -0.4 is 30.7 Å². The molecule has 310 valence electrons.